The molecule has 0 fully saturated rings. The van der Waals surface area contributed by atoms with Gasteiger partial charge >= 0.3 is 0 Å². The monoisotopic (exact) mass is 284 g/mol. The SMILES string of the molecule is COc1cc(-c2cc3ccc(O)cc3o2)c(C)c(O)c1C. The zero-order valence-electron chi connectivity index (χ0n) is 12.1. The van der Waals surface area contributed by atoms with Crippen LogP contribution in [0.2, 0.25) is 0 Å². The van der Waals surface area contributed by atoms with Crippen molar-refractivity contribution < 1.29 is 19.4 Å². The molecule has 2 aromatic carbocycles. The molecule has 0 spiro atoms. The summed E-state index contributed by atoms with van der Waals surface area (Å²) in [4.78, 5) is 0. The van der Waals surface area contributed by atoms with Crippen LogP contribution >= 0.6 is 0 Å². The van der Waals surface area contributed by atoms with E-state index in [1.165, 1.54) is 0 Å². The second-order valence-electron chi connectivity index (χ2n) is 5.06. The molecule has 0 amide bonds. The number of furan rings is 1. The molecule has 0 aliphatic carbocycles. The van der Waals surface area contributed by atoms with Gasteiger partial charge in [-0.25, -0.2) is 0 Å². The number of ether oxygens (including phenoxy) is 1. The summed E-state index contributed by atoms with van der Waals surface area (Å²) in [5, 5.41) is 20.6. The Kier molecular flexibility index (Phi) is 3.01. The number of phenols is 2. The number of aromatic hydroxyl groups is 2. The maximum Gasteiger partial charge on any atom is 0.138 e. The highest BCUT2D eigenvalue weighted by molar-refractivity contribution is 5.85. The largest absolute Gasteiger partial charge is 0.508 e. The van der Waals surface area contributed by atoms with Gasteiger partial charge in [-0.15, -0.1) is 0 Å². The number of methoxy groups -OCH3 is 1. The number of hydrogen-bond donors (Lipinski definition) is 2. The van der Waals surface area contributed by atoms with Crippen molar-refractivity contribution in [1.82, 2.24) is 0 Å². The van der Waals surface area contributed by atoms with E-state index in [1.54, 1.807) is 25.3 Å². The van der Waals surface area contributed by atoms with Crippen LogP contribution in [0.4, 0.5) is 0 Å². The summed E-state index contributed by atoms with van der Waals surface area (Å²) in [5.41, 5.74) is 2.80. The van der Waals surface area contributed by atoms with Gasteiger partial charge < -0.3 is 19.4 Å². The molecule has 108 valence electrons. The molecule has 4 heteroatoms. The Bertz CT molecular complexity index is 830. The van der Waals surface area contributed by atoms with Gasteiger partial charge in [-0.2, -0.15) is 0 Å². The third-order valence-electron chi connectivity index (χ3n) is 3.75. The van der Waals surface area contributed by atoms with Gasteiger partial charge in [0.2, 0.25) is 0 Å². The van der Waals surface area contributed by atoms with Gasteiger partial charge in [0.1, 0.15) is 28.6 Å². The molecule has 0 unspecified atom stereocenters. The van der Waals surface area contributed by atoms with E-state index in [0.29, 0.717) is 22.7 Å². The van der Waals surface area contributed by atoms with Crippen molar-refractivity contribution in [2.24, 2.45) is 0 Å². The van der Waals surface area contributed by atoms with Gasteiger partial charge in [0, 0.05) is 28.1 Å². The van der Waals surface area contributed by atoms with Crippen LogP contribution in [0, 0.1) is 13.8 Å². The van der Waals surface area contributed by atoms with Crippen LogP contribution in [0.5, 0.6) is 17.2 Å². The third-order valence-corrected chi connectivity index (χ3v) is 3.75. The van der Waals surface area contributed by atoms with Gasteiger partial charge in [0.25, 0.3) is 0 Å². The minimum absolute atomic E-state index is 0.157. The van der Waals surface area contributed by atoms with E-state index in [2.05, 4.69) is 0 Å². The van der Waals surface area contributed by atoms with Crippen LogP contribution in [0.25, 0.3) is 22.3 Å². The zero-order valence-corrected chi connectivity index (χ0v) is 12.1. The fraction of sp³-hybridized carbons (Fsp3) is 0.176. The van der Waals surface area contributed by atoms with Gasteiger partial charge in [0.05, 0.1) is 7.11 Å². The van der Waals surface area contributed by atoms with Crippen molar-refractivity contribution in [3.05, 3.63) is 41.5 Å². The van der Waals surface area contributed by atoms with Crippen LogP contribution in [0.15, 0.2) is 34.7 Å². The predicted molar refractivity (Wildman–Crippen MR) is 81.0 cm³/mol. The Morgan fingerprint density at radius 2 is 1.76 bits per heavy atom. The standard InChI is InChI=1S/C17H16O4/c1-9-13(8-14(20-3)10(2)17(9)19)16-6-11-4-5-12(18)7-15(11)21-16/h4-8,18-19H,1-3H3. The number of rotatable bonds is 2. The third kappa shape index (κ3) is 2.09. The van der Waals surface area contributed by atoms with E-state index in [4.69, 9.17) is 9.15 Å². The summed E-state index contributed by atoms with van der Waals surface area (Å²) in [6, 6.07) is 8.70. The summed E-state index contributed by atoms with van der Waals surface area (Å²) >= 11 is 0. The lowest BCUT2D eigenvalue weighted by molar-refractivity contribution is 0.402. The minimum atomic E-state index is 0.157. The first-order valence-electron chi connectivity index (χ1n) is 6.61. The van der Waals surface area contributed by atoms with Gasteiger partial charge in [-0.3, -0.25) is 0 Å². The van der Waals surface area contributed by atoms with Crippen molar-refractivity contribution in [3.8, 4) is 28.6 Å². The quantitative estimate of drug-likeness (QED) is 0.742. The molecule has 0 radical (unpaired) electrons. The van der Waals surface area contributed by atoms with Gasteiger partial charge in [-0.1, -0.05) is 0 Å². The molecular formula is C17H16O4. The maximum atomic E-state index is 10.2. The smallest absolute Gasteiger partial charge is 0.138 e. The average molecular weight is 284 g/mol. The normalized spacial score (nSPS) is 11.0. The lowest BCUT2D eigenvalue weighted by Gasteiger charge is -2.12. The van der Waals surface area contributed by atoms with Gasteiger partial charge in [0.15, 0.2) is 0 Å². The van der Waals surface area contributed by atoms with Crippen molar-refractivity contribution >= 4 is 11.0 Å². The number of phenolic OH excluding ortho intramolecular Hbond substituents is 2. The summed E-state index contributed by atoms with van der Waals surface area (Å²) < 4.78 is 11.1. The molecule has 0 aliphatic rings. The molecular weight excluding hydrogens is 268 g/mol. The molecule has 0 atom stereocenters. The minimum Gasteiger partial charge on any atom is -0.508 e. The Labute approximate surface area is 122 Å². The topological polar surface area (TPSA) is 62.8 Å². The molecule has 0 aliphatic heterocycles. The molecule has 0 saturated heterocycles. The first-order chi connectivity index (χ1) is 10.0. The predicted octanol–water partition coefficient (Wildman–Crippen LogP) is 4.14. The van der Waals surface area contributed by atoms with Crippen LogP contribution in [-0.4, -0.2) is 17.3 Å². The summed E-state index contributed by atoms with van der Waals surface area (Å²) in [5.74, 6) is 1.59. The van der Waals surface area contributed by atoms with Crippen molar-refractivity contribution in [2.75, 3.05) is 7.11 Å². The molecule has 0 saturated carbocycles. The van der Waals surface area contributed by atoms with Crippen LogP contribution < -0.4 is 4.74 Å². The molecule has 1 heterocycles. The maximum absolute atomic E-state index is 10.2. The summed E-state index contributed by atoms with van der Waals surface area (Å²) in [6.45, 7) is 3.64. The molecule has 1 aromatic heterocycles. The van der Waals surface area contributed by atoms with E-state index in [1.807, 2.05) is 26.0 Å². The highest BCUT2D eigenvalue weighted by atomic mass is 16.5. The van der Waals surface area contributed by atoms with Crippen molar-refractivity contribution in [3.63, 3.8) is 0 Å². The summed E-state index contributed by atoms with van der Waals surface area (Å²) in [6.07, 6.45) is 0. The first-order valence-corrected chi connectivity index (χ1v) is 6.61. The van der Waals surface area contributed by atoms with Crippen LogP contribution in [0.3, 0.4) is 0 Å². The second-order valence-corrected chi connectivity index (χ2v) is 5.06. The van der Waals surface area contributed by atoms with E-state index < -0.39 is 0 Å². The molecule has 0 bridgehead atoms. The molecule has 4 nitrogen and oxygen atoms in total. The molecule has 21 heavy (non-hydrogen) atoms. The fourth-order valence-corrected chi connectivity index (χ4v) is 2.49. The lowest BCUT2D eigenvalue weighted by Crippen LogP contribution is -1.92. The van der Waals surface area contributed by atoms with Gasteiger partial charge in [-0.05, 0) is 38.1 Å². The zero-order chi connectivity index (χ0) is 15.1. The molecule has 3 rings (SSSR count). The number of benzene rings is 2. The van der Waals surface area contributed by atoms with Crippen molar-refractivity contribution in [2.45, 2.75) is 13.8 Å². The average Bonchev–Trinajstić information content (AvgIpc) is 2.88. The highest BCUT2D eigenvalue weighted by Crippen LogP contribution is 2.40. The highest BCUT2D eigenvalue weighted by Gasteiger charge is 2.16. The second kappa shape index (κ2) is 4.74. The molecule has 3 aromatic rings. The van der Waals surface area contributed by atoms with E-state index in [9.17, 15) is 10.2 Å². The van der Waals surface area contributed by atoms with E-state index in [0.717, 1.165) is 16.5 Å². The van der Waals surface area contributed by atoms with Crippen LogP contribution in [-0.2, 0) is 0 Å². The van der Waals surface area contributed by atoms with E-state index in [-0.39, 0.29) is 11.5 Å². The Morgan fingerprint density at radius 1 is 1.00 bits per heavy atom. The lowest BCUT2D eigenvalue weighted by atomic mass is 10.0. The molecule has 2 N–H and O–H groups in total. The first kappa shape index (κ1) is 13.4. The van der Waals surface area contributed by atoms with Crippen LogP contribution in [0.1, 0.15) is 11.1 Å². The van der Waals surface area contributed by atoms with E-state index >= 15 is 0 Å². The Balaban J connectivity index is 2.24. The number of hydrogen-bond acceptors (Lipinski definition) is 4. The Morgan fingerprint density at radius 3 is 2.48 bits per heavy atom. The summed E-state index contributed by atoms with van der Waals surface area (Å²) in [7, 11) is 1.57. The fourth-order valence-electron chi connectivity index (χ4n) is 2.49. The number of fused-ring (bicyclic) bond motifs is 1. The van der Waals surface area contributed by atoms with Crippen molar-refractivity contribution in [1.29, 1.82) is 0 Å². The Hall–Kier alpha value is -2.62.